The van der Waals surface area contributed by atoms with E-state index >= 15 is 0 Å². The summed E-state index contributed by atoms with van der Waals surface area (Å²) in [4.78, 5) is 11.6. The topological polar surface area (TPSA) is 78.8 Å². The van der Waals surface area contributed by atoms with Crippen molar-refractivity contribution >= 4 is 5.91 Å². The van der Waals surface area contributed by atoms with E-state index < -0.39 is 12.2 Å². The van der Waals surface area contributed by atoms with Crippen molar-refractivity contribution < 1.29 is 19.7 Å². The molecule has 4 unspecified atom stereocenters. The molecule has 1 aliphatic rings. The van der Waals surface area contributed by atoms with Gasteiger partial charge in [-0.2, -0.15) is 0 Å². The van der Waals surface area contributed by atoms with E-state index in [9.17, 15) is 15.0 Å². The standard InChI is InChI=1S/C22H43NO4/c1-4-5-9-12-18(24)21-15-19(25)20(27-21)13-10-7-6-8-11-14-22(26)23-16-17(2)3/h17-21,24-25H,4-16H2,1-3H3,(H,23,26). The highest BCUT2D eigenvalue weighted by Crippen LogP contribution is 2.28. The molecule has 1 heterocycles. The van der Waals surface area contributed by atoms with Gasteiger partial charge in [-0.05, 0) is 25.2 Å². The summed E-state index contributed by atoms with van der Waals surface area (Å²) in [6, 6.07) is 0. The fourth-order valence-electron chi connectivity index (χ4n) is 3.63. The Kier molecular flexibility index (Phi) is 13.0. The van der Waals surface area contributed by atoms with E-state index in [1.165, 1.54) is 0 Å². The Morgan fingerprint density at radius 1 is 1.11 bits per heavy atom. The van der Waals surface area contributed by atoms with Crippen LogP contribution in [-0.2, 0) is 9.53 Å². The zero-order valence-electron chi connectivity index (χ0n) is 17.8. The van der Waals surface area contributed by atoms with Crippen molar-refractivity contribution in [3.63, 3.8) is 0 Å². The summed E-state index contributed by atoms with van der Waals surface area (Å²) >= 11 is 0. The van der Waals surface area contributed by atoms with Crippen LogP contribution in [0.4, 0.5) is 0 Å². The van der Waals surface area contributed by atoms with E-state index in [0.29, 0.717) is 18.8 Å². The quantitative estimate of drug-likeness (QED) is 0.373. The molecule has 5 heteroatoms. The Morgan fingerprint density at radius 3 is 2.52 bits per heavy atom. The van der Waals surface area contributed by atoms with E-state index in [0.717, 1.165) is 70.8 Å². The van der Waals surface area contributed by atoms with Crippen LogP contribution >= 0.6 is 0 Å². The average molecular weight is 386 g/mol. The Hall–Kier alpha value is -0.650. The molecule has 1 amide bonds. The Morgan fingerprint density at radius 2 is 1.81 bits per heavy atom. The molecule has 27 heavy (non-hydrogen) atoms. The molecular formula is C22H43NO4. The van der Waals surface area contributed by atoms with E-state index in [1.807, 2.05) is 0 Å². The second-order valence-electron chi connectivity index (χ2n) is 8.58. The summed E-state index contributed by atoms with van der Waals surface area (Å²) in [5.74, 6) is 0.661. The molecule has 160 valence electrons. The molecule has 0 aromatic heterocycles. The van der Waals surface area contributed by atoms with Crippen molar-refractivity contribution in [3.8, 4) is 0 Å². The van der Waals surface area contributed by atoms with Crippen LogP contribution in [0.1, 0.15) is 97.8 Å². The van der Waals surface area contributed by atoms with Gasteiger partial charge in [0.15, 0.2) is 0 Å². The number of carbonyl (C=O) groups is 1. The number of hydrogen-bond donors (Lipinski definition) is 3. The average Bonchev–Trinajstić information content (AvgIpc) is 3.00. The molecule has 1 saturated heterocycles. The van der Waals surface area contributed by atoms with Crippen molar-refractivity contribution in [1.82, 2.24) is 5.32 Å². The SMILES string of the molecule is CCCCCC(O)C1CC(O)C(CCCCCCCC(=O)NCC(C)C)O1. The minimum absolute atomic E-state index is 0.127. The van der Waals surface area contributed by atoms with Crippen LogP contribution in [0.3, 0.4) is 0 Å². The number of aliphatic hydroxyl groups is 2. The summed E-state index contributed by atoms with van der Waals surface area (Å²) < 4.78 is 5.92. The maximum atomic E-state index is 11.6. The highest BCUT2D eigenvalue weighted by molar-refractivity contribution is 5.75. The minimum Gasteiger partial charge on any atom is -0.390 e. The van der Waals surface area contributed by atoms with E-state index in [4.69, 9.17) is 4.74 Å². The first-order valence-electron chi connectivity index (χ1n) is 11.2. The molecule has 0 aromatic rings. The lowest BCUT2D eigenvalue weighted by Crippen LogP contribution is -2.26. The van der Waals surface area contributed by atoms with Crippen LogP contribution in [0.15, 0.2) is 0 Å². The molecule has 5 nitrogen and oxygen atoms in total. The number of hydrogen-bond acceptors (Lipinski definition) is 4. The van der Waals surface area contributed by atoms with E-state index in [-0.39, 0.29) is 18.1 Å². The third kappa shape index (κ3) is 11.1. The molecule has 0 bridgehead atoms. The number of aliphatic hydroxyl groups excluding tert-OH is 2. The van der Waals surface area contributed by atoms with Crippen LogP contribution in [-0.4, -0.2) is 47.1 Å². The summed E-state index contributed by atoms with van der Waals surface area (Å²) in [6.07, 6.45) is 10.1. The second kappa shape index (κ2) is 14.4. The summed E-state index contributed by atoms with van der Waals surface area (Å²) in [5.41, 5.74) is 0. The van der Waals surface area contributed by atoms with Gasteiger partial charge in [0.05, 0.1) is 24.4 Å². The highest BCUT2D eigenvalue weighted by atomic mass is 16.5. The molecule has 1 aliphatic heterocycles. The molecule has 4 atom stereocenters. The third-order valence-corrected chi connectivity index (χ3v) is 5.39. The minimum atomic E-state index is -0.446. The number of amides is 1. The Balaban J connectivity index is 2.04. The zero-order valence-corrected chi connectivity index (χ0v) is 17.8. The van der Waals surface area contributed by atoms with Gasteiger partial charge >= 0.3 is 0 Å². The predicted octanol–water partition coefficient (Wildman–Crippen LogP) is 3.95. The number of nitrogens with one attached hydrogen (secondary N) is 1. The van der Waals surface area contributed by atoms with Crippen molar-refractivity contribution in [2.75, 3.05) is 6.54 Å². The summed E-state index contributed by atoms with van der Waals surface area (Å²) in [6.45, 7) is 7.11. The first kappa shape index (κ1) is 24.4. The molecule has 1 rings (SSSR count). The van der Waals surface area contributed by atoms with Gasteiger partial charge in [0.25, 0.3) is 0 Å². The smallest absolute Gasteiger partial charge is 0.220 e. The Bertz CT molecular complexity index is 389. The first-order chi connectivity index (χ1) is 12.9. The maximum Gasteiger partial charge on any atom is 0.220 e. The van der Waals surface area contributed by atoms with Crippen LogP contribution < -0.4 is 5.32 Å². The zero-order chi connectivity index (χ0) is 20.1. The van der Waals surface area contributed by atoms with Gasteiger partial charge < -0.3 is 20.3 Å². The van der Waals surface area contributed by atoms with Gasteiger partial charge in [-0.25, -0.2) is 0 Å². The van der Waals surface area contributed by atoms with Crippen LogP contribution in [0.2, 0.25) is 0 Å². The van der Waals surface area contributed by atoms with Crippen LogP contribution in [0.25, 0.3) is 0 Å². The van der Waals surface area contributed by atoms with Crippen molar-refractivity contribution in [2.24, 2.45) is 5.92 Å². The normalized spacial score (nSPS) is 23.7. The van der Waals surface area contributed by atoms with E-state index in [1.54, 1.807) is 0 Å². The Labute approximate surface area is 166 Å². The van der Waals surface area contributed by atoms with Crippen LogP contribution in [0.5, 0.6) is 0 Å². The molecule has 1 fully saturated rings. The van der Waals surface area contributed by atoms with Crippen LogP contribution in [0, 0.1) is 5.92 Å². The third-order valence-electron chi connectivity index (χ3n) is 5.39. The highest BCUT2D eigenvalue weighted by Gasteiger charge is 2.36. The maximum absolute atomic E-state index is 11.6. The number of rotatable bonds is 15. The van der Waals surface area contributed by atoms with Gasteiger partial charge in [0, 0.05) is 19.4 Å². The van der Waals surface area contributed by atoms with Crippen molar-refractivity contribution in [3.05, 3.63) is 0 Å². The molecule has 0 aliphatic carbocycles. The van der Waals surface area contributed by atoms with Crippen molar-refractivity contribution in [1.29, 1.82) is 0 Å². The molecule has 3 N–H and O–H groups in total. The molecule has 0 radical (unpaired) electrons. The molecule has 0 spiro atoms. The summed E-state index contributed by atoms with van der Waals surface area (Å²) in [5, 5.41) is 23.4. The fourth-order valence-corrected chi connectivity index (χ4v) is 3.63. The lowest BCUT2D eigenvalue weighted by atomic mass is 10.0. The largest absolute Gasteiger partial charge is 0.390 e. The van der Waals surface area contributed by atoms with Crippen molar-refractivity contribution in [2.45, 2.75) is 122 Å². The first-order valence-corrected chi connectivity index (χ1v) is 11.2. The number of carbonyl (C=O) groups excluding carboxylic acids is 1. The number of ether oxygens (including phenoxy) is 1. The molecular weight excluding hydrogens is 342 g/mol. The van der Waals surface area contributed by atoms with Gasteiger partial charge in [0.2, 0.25) is 5.91 Å². The lowest BCUT2D eigenvalue weighted by molar-refractivity contribution is -0.121. The van der Waals surface area contributed by atoms with Gasteiger partial charge in [0.1, 0.15) is 0 Å². The fraction of sp³-hybridized carbons (Fsp3) is 0.955. The second-order valence-corrected chi connectivity index (χ2v) is 8.58. The van der Waals surface area contributed by atoms with Gasteiger partial charge in [-0.3, -0.25) is 4.79 Å². The summed E-state index contributed by atoms with van der Waals surface area (Å²) in [7, 11) is 0. The van der Waals surface area contributed by atoms with E-state index in [2.05, 4.69) is 26.1 Å². The van der Waals surface area contributed by atoms with Gasteiger partial charge in [-0.15, -0.1) is 0 Å². The predicted molar refractivity (Wildman–Crippen MR) is 110 cm³/mol. The monoisotopic (exact) mass is 385 g/mol. The van der Waals surface area contributed by atoms with Gasteiger partial charge in [-0.1, -0.05) is 65.7 Å². The number of unbranched alkanes of at least 4 members (excludes halogenated alkanes) is 6. The molecule has 0 aromatic carbocycles. The lowest BCUT2D eigenvalue weighted by Gasteiger charge is -2.19. The molecule has 0 saturated carbocycles.